The van der Waals surface area contributed by atoms with Crippen LogP contribution < -0.4 is 4.90 Å². The number of aliphatic hydroxyl groups is 1. The van der Waals surface area contributed by atoms with Crippen molar-refractivity contribution in [1.29, 1.82) is 0 Å². The molecule has 1 aromatic carbocycles. The molecule has 0 aliphatic rings. The van der Waals surface area contributed by atoms with Gasteiger partial charge in [0.15, 0.2) is 0 Å². The summed E-state index contributed by atoms with van der Waals surface area (Å²) in [5.74, 6) is -1.30. The van der Waals surface area contributed by atoms with Crippen LogP contribution in [0.5, 0.6) is 0 Å². The van der Waals surface area contributed by atoms with Gasteiger partial charge in [-0.05, 0) is 31.2 Å². The van der Waals surface area contributed by atoms with E-state index < -0.39 is 5.97 Å². The summed E-state index contributed by atoms with van der Waals surface area (Å²) in [5.41, 5.74) is 0.689. The third kappa shape index (κ3) is 4.37. The molecule has 0 unspecified atom stereocenters. The largest absolute Gasteiger partial charge is 0.478 e. The van der Waals surface area contributed by atoms with Crippen LogP contribution in [0.3, 0.4) is 0 Å². The Balaban J connectivity index is 2.95. The van der Waals surface area contributed by atoms with Gasteiger partial charge in [-0.15, -0.1) is 0 Å². The number of rotatable bonds is 6. The van der Waals surface area contributed by atoms with Crippen LogP contribution >= 0.6 is 0 Å². The molecule has 0 bridgehead atoms. The third-order valence-corrected chi connectivity index (χ3v) is 2.56. The number of carboxylic acids is 1. The zero-order valence-electron chi connectivity index (χ0n) is 11.2. The van der Waals surface area contributed by atoms with Gasteiger partial charge in [-0.1, -0.05) is 18.2 Å². The van der Waals surface area contributed by atoms with E-state index >= 15 is 0 Å². The highest BCUT2D eigenvalue weighted by atomic mass is 16.4. The number of anilines is 1. The number of allylic oxidation sites excluding steroid dienone is 3. The van der Waals surface area contributed by atoms with Crippen LogP contribution in [0.4, 0.5) is 5.69 Å². The fraction of sp³-hybridized carbons (Fsp3) is 0.200. The average Bonchev–Trinajstić information content (AvgIpc) is 2.45. The number of amides is 1. The number of carbonyl (C=O) groups excluding carboxylic acids is 1. The molecule has 5 nitrogen and oxygen atoms in total. The van der Waals surface area contributed by atoms with E-state index in [9.17, 15) is 9.59 Å². The van der Waals surface area contributed by atoms with Gasteiger partial charge in [0, 0.05) is 18.3 Å². The molecule has 0 radical (unpaired) electrons. The minimum atomic E-state index is -1.02. The van der Waals surface area contributed by atoms with Crippen molar-refractivity contribution < 1.29 is 19.8 Å². The Kier molecular flexibility index (Phi) is 6.19. The molecule has 2 N–H and O–H groups in total. The van der Waals surface area contributed by atoms with Crippen LogP contribution in [-0.4, -0.2) is 35.2 Å². The Labute approximate surface area is 117 Å². The van der Waals surface area contributed by atoms with Gasteiger partial charge in [-0.25, -0.2) is 4.79 Å². The van der Waals surface area contributed by atoms with Gasteiger partial charge in [-0.2, -0.15) is 0 Å². The molecule has 0 saturated heterocycles. The van der Waals surface area contributed by atoms with E-state index in [1.54, 1.807) is 30.4 Å². The minimum absolute atomic E-state index is 0.144. The fourth-order valence-electron chi connectivity index (χ4n) is 1.59. The molecule has 0 aliphatic carbocycles. The third-order valence-electron chi connectivity index (χ3n) is 2.56. The molecular formula is C15H17NO4. The minimum Gasteiger partial charge on any atom is -0.478 e. The van der Waals surface area contributed by atoms with Gasteiger partial charge >= 0.3 is 5.97 Å². The molecule has 0 aliphatic heterocycles. The Morgan fingerprint density at radius 3 is 2.35 bits per heavy atom. The Morgan fingerprint density at radius 1 is 1.20 bits per heavy atom. The smallest absolute Gasteiger partial charge is 0.335 e. The number of aliphatic hydroxyl groups excluding tert-OH is 1. The molecule has 0 spiro atoms. The average molecular weight is 275 g/mol. The van der Waals surface area contributed by atoms with Gasteiger partial charge in [0.25, 0.3) is 5.91 Å². The summed E-state index contributed by atoms with van der Waals surface area (Å²) in [5, 5.41) is 17.9. The summed E-state index contributed by atoms with van der Waals surface area (Å²) in [4.78, 5) is 24.2. The molecule has 0 aromatic heterocycles. The van der Waals surface area contributed by atoms with Crippen molar-refractivity contribution >= 4 is 17.6 Å². The lowest BCUT2D eigenvalue weighted by atomic mass is 10.2. The topological polar surface area (TPSA) is 77.8 Å². The van der Waals surface area contributed by atoms with Crippen molar-refractivity contribution in [3.05, 3.63) is 54.1 Å². The van der Waals surface area contributed by atoms with Crippen molar-refractivity contribution in [3.63, 3.8) is 0 Å². The second-order valence-corrected chi connectivity index (χ2v) is 3.95. The number of hydrogen-bond acceptors (Lipinski definition) is 3. The number of carbonyl (C=O) groups is 2. The SMILES string of the molecule is C/C=C/C=C/C(=O)N(CCO)c1ccc(C(=O)O)cc1. The molecule has 1 amide bonds. The van der Waals surface area contributed by atoms with Gasteiger partial charge in [-0.3, -0.25) is 4.79 Å². The maximum Gasteiger partial charge on any atom is 0.335 e. The normalized spacial score (nSPS) is 11.1. The zero-order valence-corrected chi connectivity index (χ0v) is 11.2. The van der Waals surface area contributed by atoms with E-state index in [1.807, 2.05) is 6.92 Å². The fourth-order valence-corrected chi connectivity index (χ4v) is 1.59. The van der Waals surface area contributed by atoms with Crippen LogP contribution in [0.1, 0.15) is 17.3 Å². The maximum absolute atomic E-state index is 12.0. The summed E-state index contributed by atoms with van der Waals surface area (Å²) < 4.78 is 0. The molecule has 0 heterocycles. The van der Waals surface area contributed by atoms with Gasteiger partial charge < -0.3 is 15.1 Å². The first-order valence-electron chi connectivity index (χ1n) is 6.15. The van der Waals surface area contributed by atoms with Crippen molar-refractivity contribution in [2.45, 2.75) is 6.92 Å². The molecule has 5 heteroatoms. The molecule has 106 valence electrons. The van der Waals surface area contributed by atoms with Crippen molar-refractivity contribution in [2.24, 2.45) is 0 Å². The standard InChI is InChI=1S/C15H17NO4/c1-2-3-4-5-14(18)16(10-11-17)13-8-6-12(7-9-13)15(19)20/h2-9,17H,10-11H2,1H3,(H,19,20)/b3-2+,5-4+. The summed E-state index contributed by atoms with van der Waals surface area (Å²) >= 11 is 0. The van der Waals surface area contributed by atoms with E-state index in [-0.39, 0.29) is 24.6 Å². The molecule has 0 saturated carbocycles. The Hall–Kier alpha value is -2.40. The summed E-state index contributed by atoms with van der Waals surface area (Å²) in [6.45, 7) is 1.81. The van der Waals surface area contributed by atoms with Gasteiger partial charge in [0.1, 0.15) is 0 Å². The lowest BCUT2D eigenvalue weighted by Gasteiger charge is -2.20. The number of aromatic carboxylic acids is 1. The predicted molar refractivity (Wildman–Crippen MR) is 76.8 cm³/mol. The highest BCUT2D eigenvalue weighted by Gasteiger charge is 2.13. The number of hydrogen-bond donors (Lipinski definition) is 2. The van der Waals surface area contributed by atoms with E-state index in [0.717, 1.165) is 0 Å². The lowest BCUT2D eigenvalue weighted by molar-refractivity contribution is -0.114. The number of benzene rings is 1. The van der Waals surface area contributed by atoms with Crippen LogP contribution in [0.2, 0.25) is 0 Å². The van der Waals surface area contributed by atoms with E-state index in [4.69, 9.17) is 10.2 Å². The van der Waals surface area contributed by atoms with E-state index in [0.29, 0.717) is 5.69 Å². The highest BCUT2D eigenvalue weighted by molar-refractivity contribution is 6.01. The second-order valence-electron chi connectivity index (χ2n) is 3.95. The lowest BCUT2D eigenvalue weighted by Crippen LogP contribution is -2.32. The van der Waals surface area contributed by atoms with Crippen molar-refractivity contribution in [3.8, 4) is 0 Å². The molecule has 20 heavy (non-hydrogen) atoms. The van der Waals surface area contributed by atoms with E-state index in [2.05, 4.69) is 0 Å². The Morgan fingerprint density at radius 2 is 1.85 bits per heavy atom. The maximum atomic E-state index is 12.0. The predicted octanol–water partition coefficient (Wildman–Crippen LogP) is 1.84. The quantitative estimate of drug-likeness (QED) is 0.613. The highest BCUT2D eigenvalue weighted by Crippen LogP contribution is 2.16. The first kappa shape index (κ1) is 15.7. The van der Waals surface area contributed by atoms with Crippen molar-refractivity contribution in [2.75, 3.05) is 18.1 Å². The molecule has 0 fully saturated rings. The van der Waals surface area contributed by atoms with Crippen LogP contribution in [0.25, 0.3) is 0 Å². The van der Waals surface area contributed by atoms with Crippen LogP contribution in [-0.2, 0) is 4.79 Å². The number of nitrogens with zero attached hydrogens (tertiary/aromatic N) is 1. The molecule has 1 rings (SSSR count). The Bertz CT molecular complexity index is 517. The monoisotopic (exact) mass is 275 g/mol. The molecule has 0 atom stereocenters. The van der Waals surface area contributed by atoms with Crippen molar-refractivity contribution in [1.82, 2.24) is 0 Å². The first-order chi connectivity index (χ1) is 9.60. The molecular weight excluding hydrogens is 258 g/mol. The molecule has 1 aromatic rings. The summed E-state index contributed by atoms with van der Waals surface area (Å²) in [7, 11) is 0. The second kappa shape index (κ2) is 7.91. The summed E-state index contributed by atoms with van der Waals surface area (Å²) in [6, 6.07) is 5.93. The number of carboxylic acid groups (broad SMARTS) is 1. The van der Waals surface area contributed by atoms with Crippen LogP contribution in [0, 0.1) is 0 Å². The van der Waals surface area contributed by atoms with Gasteiger partial charge in [0.2, 0.25) is 0 Å². The van der Waals surface area contributed by atoms with E-state index in [1.165, 1.54) is 23.1 Å². The van der Waals surface area contributed by atoms with Crippen LogP contribution in [0.15, 0.2) is 48.6 Å². The first-order valence-corrected chi connectivity index (χ1v) is 6.15. The van der Waals surface area contributed by atoms with Gasteiger partial charge in [0.05, 0.1) is 12.2 Å². The summed E-state index contributed by atoms with van der Waals surface area (Å²) in [6.07, 6.45) is 6.52. The zero-order chi connectivity index (χ0) is 15.0.